The van der Waals surface area contributed by atoms with Gasteiger partial charge in [0.2, 0.25) is 0 Å². The summed E-state index contributed by atoms with van der Waals surface area (Å²) in [7, 11) is 1.46. The zero-order valence-electron chi connectivity index (χ0n) is 14.4. The number of ether oxygens (including phenoxy) is 1. The van der Waals surface area contributed by atoms with Crippen LogP contribution in [-0.4, -0.2) is 31.7 Å². The number of carbonyl (C=O) groups is 2. The highest BCUT2D eigenvalue weighted by molar-refractivity contribution is 7.17. The van der Waals surface area contributed by atoms with Gasteiger partial charge in [-0.15, -0.1) is 11.3 Å². The van der Waals surface area contributed by atoms with Gasteiger partial charge in [0.25, 0.3) is 11.8 Å². The molecule has 2 amide bonds. The molecule has 0 radical (unpaired) electrons. The van der Waals surface area contributed by atoms with Gasteiger partial charge in [0.15, 0.2) is 0 Å². The Labute approximate surface area is 164 Å². The lowest BCUT2D eigenvalue weighted by atomic mass is 10.2. The Morgan fingerprint density at radius 3 is 2.89 bits per heavy atom. The molecule has 2 N–H and O–H groups in total. The molecule has 2 aromatic carbocycles. The standard InChI is InChI=1S/C19H16ClN3O3S/c1-26-16-8-12(6-7-15(16)20)19(25)21-10-18(24)23-22-9-13-11-27-17-5-3-2-4-14(13)17/h2-9,11H,10H2,1H3,(H,21,25)(H,23,24). The molecule has 1 aromatic heterocycles. The van der Waals surface area contributed by atoms with Gasteiger partial charge in [-0.3, -0.25) is 9.59 Å². The summed E-state index contributed by atoms with van der Waals surface area (Å²) in [6.45, 7) is -0.203. The molecule has 8 heteroatoms. The summed E-state index contributed by atoms with van der Waals surface area (Å²) in [5.41, 5.74) is 3.67. The van der Waals surface area contributed by atoms with Crippen LogP contribution < -0.4 is 15.5 Å². The first-order valence-corrected chi connectivity index (χ1v) is 9.24. The number of carbonyl (C=O) groups excluding carboxylic acids is 2. The van der Waals surface area contributed by atoms with Crippen molar-refractivity contribution >= 4 is 51.1 Å². The Hall–Kier alpha value is -2.90. The van der Waals surface area contributed by atoms with Crippen molar-refractivity contribution in [1.29, 1.82) is 0 Å². The van der Waals surface area contributed by atoms with E-state index >= 15 is 0 Å². The van der Waals surface area contributed by atoms with Gasteiger partial charge >= 0.3 is 0 Å². The highest BCUT2D eigenvalue weighted by Crippen LogP contribution is 2.25. The number of hydrogen-bond acceptors (Lipinski definition) is 5. The van der Waals surface area contributed by atoms with Gasteiger partial charge in [-0.1, -0.05) is 29.8 Å². The maximum atomic E-state index is 12.1. The summed E-state index contributed by atoms with van der Waals surface area (Å²) in [6, 6.07) is 12.6. The Bertz CT molecular complexity index is 1020. The average Bonchev–Trinajstić information content (AvgIpc) is 3.10. The number of methoxy groups -OCH3 is 1. The van der Waals surface area contributed by atoms with Crippen LogP contribution in [0.1, 0.15) is 15.9 Å². The summed E-state index contributed by atoms with van der Waals surface area (Å²) < 4.78 is 6.22. The van der Waals surface area contributed by atoms with E-state index in [9.17, 15) is 9.59 Å². The molecule has 0 spiro atoms. The lowest BCUT2D eigenvalue weighted by molar-refractivity contribution is -0.120. The van der Waals surface area contributed by atoms with E-state index in [0.29, 0.717) is 16.3 Å². The molecule has 3 aromatic rings. The first kappa shape index (κ1) is 18.9. The minimum absolute atomic E-state index is 0.203. The van der Waals surface area contributed by atoms with Crippen molar-refractivity contribution in [1.82, 2.24) is 10.7 Å². The predicted molar refractivity (Wildman–Crippen MR) is 108 cm³/mol. The number of hydrogen-bond donors (Lipinski definition) is 2. The quantitative estimate of drug-likeness (QED) is 0.490. The Kier molecular flexibility index (Phi) is 6.05. The van der Waals surface area contributed by atoms with Crippen molar-refractivity contribution in [2.24, 2.45) is 5.10 Å². The molecule has 0 unspecified atom stereocenters. The van der Waals surface area contributed by atoms with Crippen LogP contribution >= 0.6 is 22.9 Å². The zero-order chi connectivity index (χ0) is 19.2. The van der Waals surface area contributed by atoms with Gasteiger partial charge in [0.05, 0.1) is 24.9 Å². The number of nitrogens with zero attached hydrogens (tertiary/aromatic N) is 1. The maximum absolute atomic E-state index is 12.1. The van der Waals surface area contributed by atoms with Crippen molar-refractivity contribution in [3.63, 3.8) is 0 Å². The van der Waals surface area contributed by atoms with Crippen LogP contribution in [0.5, 0.6) is 5.75 Å². The fraction of sp³-hybridized carbons (Fsp3) is 0.105. The number of amides is 2. The van der Waals surface area contributed by atoms with Crippen LogP contribution in [0, 0.1) is 0 Å². The lowest BCUT2D eigenvalue weighted by Gasteiger charge is -2.07. The predicted octanol–water partition coefficient (Wildman–Crippen LogP) is 3.44. The molecular formula is C19H16ClN3O3S. The van der Waals surface area contributed by atoms with Gasteiger partial charge < -0.3 is 10.1 Å². The molecule has 0 atom stereocenters. The summed E-state index contributed by atoms with van der Waals surface area (Å²) >= 11 is 7.54. The van der Waals surface area contributed by atoms with Gasteiger partial charge in [0.1, 0.15) is 5.75 Å². The number of fused-ring (bicyclic) bond motifs is 1. The first-order valence-electron chi connectivity index (χ1n) is 7.98. The van der Waals surface area contributed by atoms with Crippen molar-refractivity contribution in [3.05, 3.63) is 64.0 Å². The second kappa shape index (κ2) is 8.66. The molecule has 0 aliphatic carbocycles. The molecule has 27 heavy (non-hydrogen) atoms. The van der Waals surface area contributed by atoms with Crippen LogP contribution in [0.25, 0.3) is 10.1 Å². The molecule has 0 aliphatic rings. The summed E-state index contributed by atoms with van der Waals surface area (Å²) in [6.07, 6.45) is 1.59. The zero-order valence-corrected chi connectivity index (χ0v) is 15.9. The monoisotopic (exact) mass is 401 g/mol. The van der Waals surface area contributed by atoms with Crippen LogP contribution in [-0.2, 0) is 4.79 Å². The summed E-state index contributed by atoms with van der Waals surface area (Å²) in [4.78, 5) is 24.0. The number of thiophene rings is 1. The molecular weight excluding hydrogens is 386 g/mol. The molecule has 0 saturated carbocycles. The Morgan fingerprint density at radius 2 is 2.07 bits per heavy atom. The molecule has 138 valence electrons. The van der Waals surface area contributed by atoms with Crippen LogP contribution in [0.15, 0.2) is 52.9 Å². The maximum Gasteiger partial charge on any atom is 0.259 e. The molecule has 0 bridgehead atoms. The highest BCUT2D eigenvalue weighted by Gasteiger charge is 2.10. The van der Waals surface area contributed by atoms with E-state index in [4.69, 9.17) is 16.3 Å². The molecule has 0 saturated heterocycles. The van der Waals surface area contributed by atoms with E-state index in [1.165, 1.54) is 13.2 Å². The van der Waals surface area contributed by atoms with Crippen molar-refractivity contribution in [2.75, 3.05) is 13.7 Å². The second-order valence-electron chi connectivity index (χ2n) is 5.51. The van der Waals surface area contributed by atoms with E-state index in [2.05, 4.69) is 15.8 Å². The minimum Gasteiger partial charge on any atom is -0.495 e. The van der Waals surface area contributed by atoms with Gasteiger partial charge in [-0.2, -0.15) is 5.10 Å². The molecule has 3 rings (SSSR count). The van der Waals surface area contributed by atoms with E-state index in [-0.39, 0.29) is 6.54 Å². The lowest BCUT2D eigenvalue weighted by Crippen LogP contribution is -2.34. The molecule has 6 nitrogen and oxygen atoms in total. The number of rotatable bonds is 6. The van der Waals surface area contributed by atoms with Gasteiger partial charge in [0, 0.05) is 26.6 Å². The van der Waals surface area contributed by atoms with Crippen LogP contribution in [0.3, 0.4) is 0 Å². The Morgan fingerprint density at radius 1 is 1.26 bits per heavy atom. The van der Waals surface area contributed by atoms with Crippen LogP contribution in [0.4, 0.5) is 0 Å². The summed E-state index contributed by atoms with van der Waals surface area (Å²) in [5, 5.41) is 9.92. The third-order valence-corrected chi connectivity index (χ3v) is 5.02. The normalized spacial score (nSPS) is 10.9. The fourth-order valence-electron chi connectivity index (χ4n) is 2.38. The minimum atomic E-state index is -0.430. The van der Waals surface area contributed by atoms with Crippen molar-refractivity contribution in [2.45, 2.75) is 0 Å². The number of halogens is 1. The molecule has 0 fully saturated rings. The van der Waals surface area contributed by atoms with Crippen molar-refractivity contribution in [3.8, 4) is 5.75 Å². The van der Waals surface area contributed by atoms with Crippen LogP contribution in [0.2, 0.25) is 5.02 Å². The number of benzene rings is 2. The van der Waals surface area contributed by atoms with E-state index in [1.54, 1.807) is 29.7 Å². The van der Waals surface area contributed by atoms with Gasteiger partial charge in [-0.05, 0) is 24.3 Å². The largest absolute Gasteiger partial charge is 0.495 e. The third kappa shape index (κ3) is 4.64. The average molecular weight is 402 g/mol. The topological polar surface area (TPSA) is 79.8 Å². The molecule has 0 aliphatic heterocycles. The first-order chi connectivity index (χ1) is 13.1. The molecule has 1 heterocycles. The van der Waals surface area contributed by atoms with E-state index in [0.717, 1.165) is 15.6 Å². The second-order valence-corrected chi connectivity index (χ2v) is 6.83. The third-order valence-electron chi connectivity index (χ3n) is 3.73. The summed E-state index contributed by atoms with van der Waals surface area (Å²) in [5.74, 6) is -0.450. The van der Waals surface area contributed by atoms with E-state index in [1.807, 2.05) is 29.6 Å². The number of hydrazone groups is 1. The Balaban J connectivity index is 1.53. The SMILES string of the molecule is COc1cc(C(=O)NCC(=O)NN=Cc2csc3ccccc23)ccc1Cl. The fourth-order valence-corrected chi connectivity index (χ4v) is 3.48. The van der Waals surface area contributed by atoms with Crippen molar-refractivity contribution < 1.29 is 14.3 Å². The van der Waals surface area contributed by atoms with E-state index < -0.39 is 11.8 Å². The number of nitrogens with one attached hydrogen (secondary N) is 2. The smallest absolute Gasteiger partial charge is 0.259 e. The van der Waals surface area contributed by atoms with Gasteiger partial charge in [-0.25, -0.2) is 5.43 Å². The highest BCUT2D eigenvalue weighted by atomic mass is 35.5.